The first-order chi connectivity index (χ1) is 8.76. The van der Waals surface area contributed by atoms with Crippen molar-refractivity contribution < 1.29 is 14.6 Å². The van der Waals surface area contributed by atoms with Crippen molar-refractivity contribution in [1.82, 2.24) is 6.15 Å². The first-order valence-corrected chi connectivity index (χ1v) is 6.88. The van der Waals surface area contributed by atoms with Gasteiger partial charge in [-0.05, 0) is 51.2 Å². The minimum Gasteiger partial charge on any atom is -0.545 e. The number of ether oxygens (including phenoxy) is 1. The zero-order valence-corrected chi connectivity index (χ0v) is 13.9. The molecule has 0 aromatic carbocycles. The molecule has 1 unspecified atom stereocenters. The van der Waals surface area contributed by atoms with E-state index in [1.807, 2.05) is 12.2 Å². The lowest BCUT2D eigenvalue weighted by molar-refractivity contribution is -0.297. The highest BCUT2D eigenvalue weighted by molar-refractivity contribution is 5.79. The molecule has 0 rings (SSSR count). The second kappa shape index (κ2) is 10.6. The van der Waals surface area contributed by atoms with E-state index in [1.54, 1.807) is 14.0 Å². The topological polar surface area (TPSA) is 85.9 Å². The van der Waals surface area contributed by atoms with Crippen molar-refractivity contribution in [2.24, 2.45) is 5.92 Å². The van der Waals surface area contributed by atoms with Crippen LogP contribution in [0.1, 0.15) is 53.4 Å². The second-order valence-electron chi connectivity index (χ2n) is 5.81. The van der Waals surface area contributed by atoms with Gasteiger partial charge in [0.2, 0.25) is 0 Å². The molecule has 0 saturated heterocycles. The van der Waals surface area contributed by atoms with Crippen LogP contribution in [0.3, 0.4) is 0 Å². The van der Waals surface area contributed by atoms with Crippen LogP contribution < -0.4 is 11.3 Å². The number of carbonyl (C=O) groups is 1. The number of allylic oxidation sites excluding steroid dienone is 3. The highest BCUT2D eigenvalue weighted by Gasteiger charge is 2.15. The fraction of sp³-hybridized carbons (Fsp3) is 0.688. The molecule has 0 bridgehead atoms. The fourth-order valence-corrected chi connectivity index (χ4v) is 1.82. The minimum atomic E-state index is -1.14. The summed E-state index contributed by atoms with van der Waals surface area (Å²) in [7, 11) is 1.75. The van der Waals surface area contributed by atoms with Gasteiger partial charge in [0.25, 0.3) is 0 Å². The van der Waals surface area contributed by atoms with E-state index in [0.717, 1.165) is 31.8 Å². The average Bonchev–Trinajstić information content (AvgIpc) is 2.27. The van der Waals surface area contributed by atoms with E-state index in [9.17, 15) is 9.90 Å². The molecule has 0 aromatic heterocycles. The van der Waals surface area contributed by atoms with Crippen molar-refractivity contribution in [3.63, 3.8) is 0 Å². The standard InChI is InChI=1S/C16H28O3.H3N/c1-13(10-7-11-16(3,4)19-5)8-6-9-14(2)12-15(17)18;/h6,9,12-13H,7-8,10-11H2,1-5H3,(H,17,18);1H3/b9-6+,14-12-;. The number of rotatable bonds is 9. The number of aliphatic carboxylic acids is 1. The van der Waals surface area contributed by atoms with Crippen molar-refractivity contribution in [2.75, 3.05) is 7.11 Å². The summed E-state index contributed by atoms with van der Waals surface area (Å²) in [5, 5.41) is 10.3. The van der Waals surface area contributed by atoms with E-state index in [4.69, 9.17) is 4.74 Å². The molecule has 0 aliphatic carbocycles. The van der Waals surface area contributed by atoms with Crippen LogP contribution in [0.4, 0.5) is 0 Å². The maximum absolute atomic E-state index is 10.3. The number of hydrogen-bond acceptors (Lipinski definition) is 3. The Morgan fingerprint density at radius 3 is 2.50 bits per heavy atom. The third-order valence-corrected chi connectivity index (χ3v) is 3.29. The molecule has 0 aliphatic rings. The molecule has 0 amide bonds. The monoisotopic (exact) mass is 285 g/mol. The molecule has 0 radical (unpaired) electrons. The largest absolute Gasteiger partial charge is 0.545 e. The van der Waals surface area contributed by atoms with Crippen molar-refractivity contribution in [3.8, 4) is 0 Å². The molecular weight excluding hydrogens is 254 g/mol. The van der Waals surface area contributed by atoms with Crippen molar-refractivity contribution in [2.45, 2.75) is 59.0 Å². The highest BCUT2D eigenvalue weighted by atomic mass is 16.5. The Balaban J connectivity index is 0. The molecule has 4 heteroatoms. The van der Waals surface area contributed by atoms with Gasteiger partial charge in [0.15, 0.2) is 0 Å². The van der Waals surface area contributed by atoms with Crippen LogP contribution in [0.25, 0.3) is 0 Å². The van der Waals surface area contributed by atoms with Crippen LogP contribution in [0, 0.1) is 5.92 Å². The quantitative estimate of drug-likeness (QED) is 0.521. The lowest BCUT2D eigenvalue weighted by Crippen LogP contribution is -2.22. The van der Waals surface area contributed by atoms with E-state index in [0.29, 0.717) is 11.5 Å². The van der Waals surface area contributed by atoms with Crippen molar-refractivity contribution in [1.29, 1.82) is 0 Å². The predicted octanol–water partition coefficient (Wildman–Crippen LogP) is 3.24. The van der Waals surface area contributed by atoms with E-state index in [1.165, 1.54) is 0 Å². The maximum atomic E-state index is 10.3. The molecule has 0 saturated carbocycles. The number of carbonyl (C=O) groups excluding carboxylic acids is 1. The van der Waals surface area contributed by atoms with Crippen molar-refractivity contribution >= 4 is 5.97 Å². The zero-order valence-electron chi connectivity index (χ0n) is 13.9. The van der Waals surface area contributed by atoms with Gasteiger partial charge >= 0.3 is 0 Å². The van der Waals surface area contributed by atoms with Crippen LogP contribution in [0.15, 0.2) is 23.8 Å². The van der Waals surface area contributed by atoms with E-state index < -0.39 is 5.97 Å². The van der Waals surface area contributed by atoms with Gasteiger partial charge in [0, 0.05) is 7.11 Å². The third-order valence-electron chi connectivity index (χ3n) is 3.29. The van der Waals surface area contributed by atoms with Gasteiger partial charge in [-0.1, -0.05) is 31.9 Å². The molecule has 0 aliphatic heterocycles. The highest BCUT2D eigenvalue weighted by Crippen LogP contribution is 2.20. The lowest BCUT2D eigenvalue weighted by atomic mass is 9.95. The Morgan fingerprint density at radius 1 is 1.40 bits per heavy atom. The van der Waals surface area contributed by atoms with Gasteiger partial charge in [-0.15, -0.1) is 0 Å². The number of carboxylic acid groups (broad SMARTS) is 1. The number of methoxy groups -OCH3 is 1. The van der Waals surface area contributed by atoms with Gasteiger partial charge in [-0.3, -0.25) is 0 Å². The van der Waals surface area contributed by atoms with E-state index in [-0.39, 0.29) is 11.8 Å². The Kier molecular flexibility index (Phi) is 11.3. The molecule has 0 heterocycles. The molecular formula is C16H31NO3. The average molecular weight is 285 g/mol. The Labute approximate surface area is 123 Å². The summed E-state index contributed by atoms with van der Waals surface area (Å²) < 4.78 is 5.39. The van der Waals surface area contributed by atoms with Gasteiger partial charge in [0.1, 0.15) is 0 Å². The minimum absolute atomic E-state index is 0. The molecule has 0 spiro atoms. The molecule has 0 fully saturated rings. The van der Waals surface area contributed by atoms with Crippen LogP contribution in [0.5, 0.6) is 0 Å². The summed E-state index contributed by atoms with van der Waals surface area (Å²) in [4.78, 5) is 10.3. The normalized spacial score (nSPS) is 14.2. The van der Waals surface area contributed by atoms with Crippen LogP contribution in [0.2, 0.25) is 0 Å². The Bertz CT molecular complexity index is 333. The molecule has 4 nitrogen and oxygen atoms in total. The molecule has 0 aromatic rings. The van der Waals surface area contributed by atoms with Gasteiger partial charge in [-0.2, -0.15) is 0 Å². The smallest absolute Gasteiger partial charge is 0.0645 e. The summed E-state index contributed by atoms with van der Waals surface area (Å²) in [6.07, 6.45) is 9.30. The first kappa shape index (κ1) is 21.2. The molecule has 118 valence electrons. The summed E-state index contributed by atoms with van der Waals surface area (Å²) >= 11 is 0. The van der Waals surface area contributed by atoms with Gasteiger partial charge in [0.05, 0.1) is 11.6 Å². The number of quaternary nitrogens is 1. The Morgan fingerprint density at radius 2 is 2.00 bits per heavy atom. The van der Waals surface area contributed by atoms with Crippen LogP contribution in [-0.2, 0) is 9.53 Å². The molecule has 1 atom stereocenters. The zero-order chi connectivity index (χ0) is 14.9. The SMILES string of the molecule is COC(C)(C)CCCC(C)C/C=C/C(C)=C\C(=O)[O-].[NH4+]. The second-order valence-corrected chi connectivity index (χ2v) is 5.81. The van der Waals surface area contributed by atoms with Crippen LogP contribution >= 0.6 is 0 Å². The van der Waals surface area contributed by atoms with Gasteiger partial charge < -0.3 is 20.8 Å². The Hall–Kier alpha value is -1.13. The van der Waals surface area contributed by atoms with Crippen molar-refractivity contribution in [3.05, 3.63) is 23.8 Å². The summed E-state index contributed by atoms with van der Waals surface area (Å²) in [5.74, 6) is -0.545. The van der Waals surface area contributed by atoms with E-state index in [2.05, 4.69) is 20.8 Å². The summed E-state index contributed by atoms with van der Waals surface area (Å²) in [6, 6.07) is 0. The van der Waals surface area contributed by atoms with E-state index >= 15 is 0 Å². The predicted molar refractivity (Wildman–Crippen MR) is 82.6 cm³/mol. The number of carboxylic acids is 1. The third kappa shape index (κ3) is 11.9. The summed E-state index contributed by atoms with van der Waals surface area (Å²) in [5.41, 5.74) is 0.677. The number of hydrogen-bond donors (Lipinski definition) is 1. The maximum Gasteiger partial charge on any atom is 0.0645 e. The lowest BCUT2D eigenvalue weighted by Gasteiger charge is -2.23. The first-order valence-electron chi connectivity index (χ1n) is 6.88. The fourth-order valence-electron chi connectivity index (χ4n) is 1.82. The summed E-state index contributed by atoms with van der Waals surface area (Å²) in [6.45, 7) is 8.18. The van der Waals surface area contributed by atoms with Crippen LogP contribution in [-0.4, -0.2) is 18.7 Å². The molecule has 4 N–H and O–H groups in total. The van der Waals surface area contributed by atoms with Gasteiger partial charge in [-0.25, -0.2) is 0 Å². The molecule has 20 heavy (non-hydrogen) atoms.